The summed E-state index contributed by atoms with van der Waals surface area (Å²) in [7, 11) is 0. The van der Waals surface area contributed by atoms with Crippen LogP contribution in [0.15, 0.2) is 158 Å². The minimum absolute atomic E-state index is 0. The molecule has 6 aromatic carbocycles. The number of carboxylic acid groups (broad SMARTS) is 1. The minimum atomic E-state index is -0.962. The van der Waals surface area contributed by atoms with Crippen LogP contribution in [0.1, 0.15) is 80.3 Å². The van der Waals surface area contributed by atoms with Crippen molar-refractivity contribution in [3.8, 4) is 22.3 Å². The van der Waals surface area contributed by atoms with Gasteiger partial charge in [-0.3, -0.25) is 24.0 Å². The molecule has 464 valence electrons. The van der Waals surface area contributed by atoms with Gasteiger partial charge in [0.2, 0.25) is 48.1 Å². The molecule has 21 heteroatoms. The molecule has 8 aromatic rings. The van der Waals surface area contributed by atoms with E-state index in [1.165, 1.54) is 12.8 Å². The van der Waals surface area contributed by atoms with E-state index in [4.69, 9.17) is 16.6 Å². The summed E-state index contributed by atoms with van der Waals surface area (Å²) < 4.78 is 3.39. The molecule has 8 N–H and O–H groups in total. The number of primary amides is 2. The lowest BCUT2D eigenvalue weighted by molar-refractivity contribution is -0.423. The normalized spacial score (nSPS) is 20.7. The second kappa shape index (κ2) is 29.3. The highest BCUT2D eigenvalue weighted by atomic mass is 35.5. The highest BCUT2D eigenvalue weighted by Crippen LogP contribution is 2.44. The maximum absolute atomic E-state index is 13.9. The van der Waals surface area contributed by atoms with Crippen molar-refractivity contribution in [1.82, 2.24) is 20.2 Å². The maximum Gasteiger partial charge on any atom is 0.370 e. The molecular formula is C69H73ClN10O7S3+2. The average Bonchev–Trinajstić information content (AvgIpc) is 1.75. The van der Waals surface area contributed by atoms with Gasteiger partial charge in [0.25, 0.3) is 5.91 Å². The van der Waals surface area contributed by atoms with Gasteiger partial charge in [-0.05, 0) is 169 Å². The van der Waals surface area contributed by atoms with Crippen molar-refractivity contribution in [3.05, 3.63) is 180 Å². The smallest absolute Gasteiger partial charge is 0.370 e. The average molecular weight is 1290 g/mol. The van der Waals surface area contributed by atoms with Crippen LogP contribution in [0.25, 0.3) is 43.8 Å². The van der Waals surface area contributed by atoms with Crippen LogP contribution in [0.2, 0.25) is 0 Å². The molecule has 6 aliphatic rings. The number of amides is 5. The molecule has 5 amide bonds. The Bertz CT molecular complexity index is 4130. The van der Waals surface area contributed by atoms with E-state index in [0.29, 0.717) is 29.3 Å². The number of aryl methyl sites for hydroxylation is 2. The number of carboxylic acids is 1. The zero-order valence-electron chi connectivity index (χ0n) is 49.0. The number of nitrogens with zero attached hydrogens (tertiary/aromatic N) is 5. The molecule has 8 atom stereocenters. The van der Waals surface area contributed by atoms with Gasteiger partial charge >= 0.3 is 5.97 Å². The molecule has 2 saturated carbocycles. The first-order chi connectivity index (χ1) is 42.1. The Balaban J connectivity index is 0.000000186. The lowest BCUT2D eigenvalue weighted by Crippen LogP contribution is -2.52. The van der Waals surface area contributed by atoms with Crippen molar-refractivity contribution < 1.29 is 43.0 Å². The van der Waals surface area contributed by atoms with Gasteiger partial charge in [-0.2, -0.15) is 22.6 Å². The van der Waals surface area contributed by atoms with Gasteiger partial charge < -0.3 is 37.4 Å². The van der Waals surface area contributed by atoms with Crippen LogP contribution in [0.3, 0.4) is 0 Å². The number of nitrogens with one attached hydrogen (secondary N) is 3. The lowest BCUT2D eigenvalue weighted by atomic mass is 9.94. The molecular weight excluding hydrogens is 1210 g/mol. The number of carbonyl (C=O) groups is 6. The van der Waals surface area contributed by atoms with E-state index in [2.05, 4.69) is 103 Å². The molecule has 2 aromatic heterocycles. The Hall–Kier alpha value is -8.66. The lowest BCUT2D eigenvalue weighted by Gasteiger charge is -2.33. The van der Waals surface area contributed by atoms with Crippen LogP contribution < -0.4 is 27.4 Å². The zero-order valence-corrected chi connectivity index (χ0v) is 52.4. The summed E-state index contributed by atoms with van der Waals surface area (Å²) in [5.74, 6) is -1.67. The molecule has 2 saturated heterocycles. The standard InChI is InChI=1S/C34H31N5O3.C21H16N2O3.C13H17N3O.CH4.ClH.S2.H2S/c1-20-5-4-8-30(36-20)37-34(42)32-25-11-13-26(16-25)39(32)31(40)19-38-18-28(33(35)41)27-17-24(12-14-29(27)38)23-10-9-21-6-2-3-7-22(21)15-23;22-21(26)18-11-23(12-20(24)25)19-8-7-16(10-17(18)19)15-6-5-13-3-1-2-4-14(13)9-15;1-8-3-2-4-11(14-8)16-13(17)12-9-5-6-10(7-9)15-12;;;1-2;/h2-10,12,14-15,17-18,25-26,28,32H,11,13,16,19H2,1H3,(H2-,35,36,37,41,42);1-11,18H,12H2,(H2-,22,24,25,26);2-4,9-10,12,15H,5-7H2,1H3,(H,14,16,17);1H4;1H;;1H2/p+2/t25?,26?,28?,32-;;9?,10?,12-;;;;/m0.0..../s1. The quantitative estimate of drug-likeness (QED) is 0.0626. The van der Waals surface area contributed by atoms with Gasteiger partial charge in [0.15, 0.2) is 12.4 Å². The number of aliphatic carboxylic acids is 1. The fraction of sp³-hybridized carbons (Fsp3) is 0.275. The number of carbonyl (C=O) groups excluding carboxylic acids is 5. The predicted octanol–water partition coefficient (Wildman–Crippen LogP) is 10.0. The second-order valence-electron chi connectivity index (χ2n) is 23.1. The van der Waals surface area contributed by atoms with Crippen molar-refractivity contribution in [3.63, 3.8) is 0 Å². The van der Waals surface area contributed by atoms with E-state index >= 15 is 0 Å². The SMILES string of the molecule is C.Cc1cccc(NC(=O)[C@@H]2C3CCC(C3)N2C(=O)C[N+]2=CC(C(N)=O)c3cc(-c4ccc5ccccc5c4)ccc32)n1.Cc1cccc(NC(=O)[C@H]2NC3CCC2C3)n1.Cl.NC(=O)C1C=[N+](CC(=O)O)c2ccc(-c3ccc4ccccc4c3)cc21.S.S=S. The van der Waals surface area contributed by atoms with E-state index in [0.717, 1.165) is 97.7 Å². The summed E-state index contributed by atoms with van der Waals surface area (Å²) in [4.78, 5) is 85.3. The Morgan fingerprint density at radius 2 is 1.04 bits per heavy atom. The van der Waals surface area contributed by atoms with Crippen molar-refractivity contribution in [2.24, 2.45) is 23.3 Å². The molecule has 6 unspecified atom stereocenters. The summed E-state index contributed by atoms with van der Waals surface area (Å²) in [5, 5.41) is 22.9. The number of halogens is 1. The summed E-state index contributed by atoms with van der Waals surface area (Å²) in [6.45, 7) is 3.62. The number of fused-ring (bicyclic) bond motifs is 8. The minimum Gasteiger partial charge on any atom is -0.477 e. The third kappa shape index (κ3) is 14.5. The molecule has 4 fully saturated rings. The largest absolute Gasteiger partial charge is 0.477 e. The number of anilines is 2. The third-order valence-corrected chi connectivity index (χ3v) is 17.5. The Labute approximate surface area is 546 Å². The number of hydrogen-bond acceptors (Lipinski definition) is 11. The molecule has 2 aliphatic carbocycles. The van der Waals surface area contributed by atoms with E-state index < -0.39 is 35.7 Å². The van der Waals surface area contributed by atoms with E-state index in [1.807, 2.05) is 115 Å². The van der Waals surface area contributed by atoms with Crippen molar-refractivity contribution in [2.75, 3.05) is 23.7 Å². The van der Waals surface area contributed by atoms with Gasteiger partial charge in [0.05, 0.1) is 6.04 Å². The molecule has 17 nitrogen and oxygen atoms in total. The molecule has 0 radical (unpaired) electrons. The van der Waals surface area contributed by atoms with Gasteiger partial charge in [-0.25, -0.2) is 14.8 Å². The van der Waals surface area contributed by atoms with Gasteiger partial charge in [0.1, 0.15) is 29.5 Å². The number of hydrogen-bond donors (Lipinski definition) is 6. The summed E-state index contributed by atoms with van der Waals surface area (Å²) in [6.07, 6.45) is 9.52. The molecule has 90 heavy (non-hydrogen) atoms. The van der Waals surface area contributed by atoms with Crippen LogP contribution in [0.4, 0.5) is 23.0 Å². The summed E-state index contributed by atoms with van der Waals surface area (Å²) >= 11 is 7.33. The fourth-order valence-electron chi connectivity index (χ4n) is 13.5. The van der Waals surface area contributed by atoms with E-state index in [-0.39, 0.29) is 82.1 Å². The summed E-state index contributed by atoms with van der Waals surface area (Å²) in [5.41, 5.74) is 20.1. The molecule has 4 aliphatic heterocycles. The number of likely N-dealkylation sites (tertiary alicyclic amines) is 1. The highest BCUT2D eigenvalue weighted by Gasteiger charge is 2.52. The van der Waals surface area contributed by atoms with Gasteiger partial charge in [0, 0.05) is 69.1 Å². The number of pyridine rings is 2. The van der Waals surface area contributed by atoms with Crippen LogP contribution in [0, 0.1) is 25.7 Å². The fourth-order valence-corrected chi connectivity index (χ4v) is 13.5. The predicted molar refractivity (Wildman–Crippen MR) is 366 cm³/mol. The molecule has 14 rings (SSSR count). The first-order valence-electron chi connectivity index (χ1n) is 29.1. The number of aromatic nitrogens is 2. The van der Waals surface area contributed by atoms with Gasteiger partial charge in [-0.1, -0.05) is 92.4 Å². The number of benzene rings is 6. The Morgan fingerprint density at radius 3 is 1.51 bits per heavy atom. The van der Waals surface area contributed by atoms with E-state index in [1.54, 1.807) is 28.0 Å². The molecule has 4 bridgehead atoms. The molecule has 6 heterocycles. The number of nitrogens with two attached hydrogens (primary N) is 2. The number of piperidine rings is 2. The van der Waals surface area contributed by atoms with Gasteiger partial charge in [-0.15, -0.1) is 12.4 Å². The van der Waals surface area contributed by atoms with Crippen LogP contribution in [-0.2, 0) is 51.1 Å². The second-order valence-corrected chi connectivity index (χ2v) is 23.1. The monoisotopic (exact) mass is 1280 g/mol. The summed E-state index contributed by atoms with van der Waals surface area (Å²) in [6, 6.07) is 51.7. The van der Waals surface area contributed by atoms with Crippen LogP contribution in [0.5, 0.6) is 0 Å². The van der Waals surface area contributed by atoms with Crippen molar-refractivity contribution >= 4 is 141 Å². The van der Waals surface area contributed by atoms with Crippen LogP contribution >= 0.6 is 25.9 Å². The number of rotatable bonds is 12. The highest BCUT2D eigenvalue weighted by molar-refractivity contribution is 8.07. The zero-order chi connectivity index (χ0) is 61.0. The Kier molecular flexibility index (Phi) is 21.9. The van der Waals surface area contributed by atoms with Crippen LogP contribution in [-0.4, -0.2) is 114 Å². The van der Waals surface area contributed by atoms with Crippen molar-refractivity contribution in [2.45, 2.75) is 95.8 Å². The first-order valence-corrected chi connectivity index (χ1v) is 30.5. The topological polar surface area (TPSA) is 246 Å². The van der Waals surface area contributed by atoms with Crippen molar-refractivity contribution in [1.29, 1.82) is 0 Å². The molecule has 0 spiro atoms. The third-order valence-electron chi connectivity index (χ3n) is 17.5. The van der Waals surface area contributed by atoms with E-state index in [9.17, 15) is 28.8 Å². The first kappa shape index (κ1) is 67.3. The Morgan fingerprint density at radius 1 is 0.578 bits per heavy atom. The maximum atomic E-state index is 13.9.